The van der Waals surface area contributed by atoms with E-state index in [4.69, 9.17) is 5.73 Å². The monoisotopic (exact) mass is 279 g/mol. The Labute approximate surface area is 124 Å². The van der Waals surface area contributed by atoms with Gasteiger partial charge in [0.2, 0.25) is 0 Å². The van der Waals surface area contributed by atoms with Gasteiger partial charge in [-0.1, -0.05) is 6.92 Å². The Kier molecular flexibility index (Phi) is 4.13. The molecule has 3 heteroatoms. The zero-order chi connectivity index (χ0) is 14.3. The summed E-state index contributed by atoms with van der Waals surface area (Å²) in [6, 6.07) is 2.34. The Hall–Kier alpha value is -0.120. The molecule has 116 valence electrons. The Bertz CT molecular complexity index is 321. The Balaban J connectivity index is 1.72. The number of piperidine rings is 1. The van der Waals surface area contributed by atoms with E-state index in [1.165, 1.54) is 51.4 Å². The summed E-state index contributed by atoms with van der Waals surface area (Å²) in [7, 11) is 4.70. The van der Waals surface area contributed by atoms with E-state index in [0.29, 0.717) is 0 Å². The molecular weight excluding hydrogens is 246 g/mol. The maximum atomic E-state index is 6.31. The molecule has 20 heavy (non-hydrogen) atoms. The van der Waals surface area contributed by atoms with Gasteiger partial charge < -0.3 is 10.6 Å². The maximum absolute atomic E-state index is 6.31. The zero-order valence-electron chi connectivity index (χ0n) is 13.6. The number of hydrogen-bond acceptors (Lipinski definition) is 3. The van der Waals surface area contributed by atoms with E-state index in [2.05, 4.69) is 30.8 Å². The summed E-state index contributed by atoms with van der Waals surface area (Å²) in [5.74, 6) is 0.933. The van der Waals surface area contributed by atoms with Crippen LogP contribution < -0.4 is 5.73 Å². The predicted octanol–water partition coefficient (Wildman–Crippen LogP) is 2.45. The van der Waals surface area contributed by atoms with Crippen molar-refractivity contribution in [1.82, 2.24) is 9.80 Å². The third-order valence-electron chi connectivity index (χ3n) is 6.88. The molecule has 0 spiro atoms. The molecule has 2 atom stereocenters. The van der Waals surface area contributed by atoms with Crippen LogP contribution in [0.5, 0.6) is 0 Å². The minimum atomic E-state index is 0.281. The van der Waals surface area contributed by atoms with Gasteiger partial charge in [-0.05, 0) is 71.4 Å². The molecule has 0 aromatic heterocycles. The molecule has 3 rings (SSSR count). The average Bonchev–Trinajstić information content (AvgIpc) is 2.69. The smallest absolute Gasteiger partial charge is 0.0361 e. The van der Waals surface area contributed by atoms with Gasteiger partial charge in [-0.25, -0.2) is 0 Å². The van der Waals surface area contributed by atoms with Gasteiger partial charge in [0, 0.05) is 30.2 Å². The van der Waals surface area contributed by atoms with Crippen molar-refractivity contribution in [2.24, 2.45) is 11.7 Å². The molecule has 3 nitrogen and oxygen atoms in total. The van der Waals surface area contributed by atoms with E-state index in [9.17, 15) is 0 Å². The van der Waals surface area contributed by atoms with Crippen molar-refractivity contribution in [3.63, 3.8) is 0 Å². The van der Waals surface area contributed by atoms with Gasteiger partial charge in [-0.3, -0.25) is 4.90 Å². The van der Waals surface area contributed by atoms with Crippen LogP contribution in [0.3, 0.4) is 0 Å². The molecule has 3 aliphatic rings. The van der Waals surface area contributed by atoms with Crippen molar-refractivity contribution in [2.75, 3.05) is 20.6 Å². The predicted molar refractivity (Wildman–Crippen MR) is 84.8 cm³/mol. The maximum Gasteiger partial charge on any atom is 0.0361 e. The van der Waals surface area contributed by atoms with Gasteiger partial charge in [0.1, 0.15) is 0 Å². The average molecular weight is 279 g/mol. The van der Waals surface area contributed by atoms with Crippen LogP contribution in [0.15, 0.2) is 0 Å². The zero-order valence-corrected chi connectivity index (χ0v) is 13.6. The molecule has 2 heterocycles. The highest BCUT2D eigenvalue weighted by atomic mass is 15.3. The van der Waals surface area contributed by atoms with Crippen LogP contribution in [0.2, 0.25) is 0 Å². The number of rotatable bonds is 3. The van der Waals surface area contributed by atoms with Gasteiger partial charge >= 0.3 is 0 Å². The molecule has 0 amide bonds. The lowest BCUT2D eigenvalue weighted by molar-refractivity contribution is -0.0188. The topological polar surface area (TPSA) is 32.5 Å². The second kappa shape index (κ2) is 5.58. The SMILES string of the molecule is CC1CCC(N(C)C2(CN)CC3CCC(C2)N3C)CC1. The Morgan fingerprint density at radius 1 is 1.05 bits per heavy atom. The number of hydrogen-bond donors (Lipinski definition) is 1. The third kappa shape index (κ3) is 2.42. The summed E-state index contributed by atoms with van der Waals surface area (Å²) in [4.78, 5) is 5.35. The van der Waals surface area contributed by atoms with Gasteiger partial charge in [-0.2, -0.15) is 0 Å². The van der Waals surface area contributed by atoms with E-state index < -0.39 is 0 Å². The van der Waals surface area contributed by atoms with Crippen LogP contribution in [0.4, 0.5) is 0 Å². The number of nitrogens with zero attached hydrogens (tertiary/aromatic N) is 2. The summed E-state index contributed by atoms with van der Waals surface area (Å²) in [6.07, 6.45) is 10.9. The van der Waals surface area contributed by atoms with E-state index in [0.717, 1.165) is 30.6 Å². The van der Waals surface area contributed by atoms with E-state index in [1.54, 1.807) is 0 Å². The van der Waals surface area contributed by atoms with Gasteiger partial charge in [-0.15, -0.1) is 0 Å². The molecule has 1 saturated carbocycles. The fraction of sp³-hybridized carbons (Fsp3) is 1.00. The van der Waals surface area contributed by atoms with Crippen molar-refractivity contribution in [1.29, 1.82) is 0 Å². The van der Waals surface area contributed by atoms with Crippen LogP contribution in [0, 0.1) is 5.92 Å². The van der Waals surface area contributed by atoms with Crippen molar-refractivity contribution < 1.29 is 0 Å². The van der Waals surface area contributed by atoms with Crippen molar-refractivity contribution >= 4 is 0 Å². The summed E-state index contributed by atoms with van der Waals surface area (Å²) >= 11 is 0. The largest absolute Gasteiger partial charge is 0.329 e. The Morgan fingerprint density at radius 2 is 1.60 bits per heavy atom. The highest BCUT2D eigenvalue weighted by molar-refractivity contribution is 5.07. The highest BCUT2D eigenvalue weighted by Gasteiger charge is 2.49. The molecule has 3 fully saturated rings. The van der Waals surface area contributed by atoms with Crippen LogP contribution >= 0.6 is 0 Å². The van der Waals surface area contributed by atoms with E-state index in [1.807, 2.05) is 0 Å². The fourth-order valence-electron chi connectivity index (χ4n) is 5.16. The quantitative estimate of drug-likeness (QED) is 0.861. The minimum Gasteiger partial charge on any atom is -0.329 e. The van der Waals surface area contributed by atoms with Crippen LogP contribution in [-0.2, 0) is 0 Å². The number of likely N-dealkylation sites (N-methyl/N-ethyl adjacent to an activating group) is 1. The molecule has 0 radical (unpaired) electrons. The summed E-state index contributed by atoms with van der Waals surface area (Å²) in [5, 5.41) is 0. The van der Waals surface area contributed by atoms with E-state index in [-0.39, 0.29) is 5.54 Å². The first-order chi connectivity index (χ1) is 9.55. The lowest BCUT2D eigenvalue weighted by Crippen LogP contribution is -2.63. The molecule has 2 bridgehead atoms. The first-order valence-electron chi connectivity index (χ1n) is 8.70. The second-order valence-corrected chi connectivity index (χ2v) is 7.91. The molecular formula is C17H33N3. The van der Waals surface area contributed by atoms with Crippen molar-refractivity contribution in [3.8, 4) is 0 Å². The molecule has 2 saturated heterocycles. The van der Waals surface area contributed by atoms with E-state index >= 15 is 0 Å². The highest BCUT2D eigenvalue weighted by Crippen LogP contribution is 2.43. The van der Waals surface area contributed by atoms with Gasteiger partial charge in [0.15, 0.2) is 0 Å². The third-order valence-corrected chi connectivity index (χ3v) is 6.88. The number of fused-ring (bicyclic) bond motifs is 2. The van der Waals surface area contributed by atoms with Crippen LogP contribution in [0.1, 0.15) is 58.3 Å². The standard InChI is InChI=1S/C17H33N3/c1-13-4-6-14(7-5-13)20(3)17(12-18)10-15-8-9-16(11-17)19(15)2/h13-16H,4-12,18H2,1-3H3. The molecule has 0 aromatic carbocycles. The van der Waals surface area contributed by atoms with Crippen molar-refractivity contribution in [3.05, 3.63) is 0 Å². The van der Waals surface area contributed by atoms with Crippen LogP contribution in [0.25, 0.3) is 0 Å². The molecule has 2 aliphatic heterocycles. The number of nitrogens with two attached hydrogens (primary N) is 1. The second-order valence-electron chi connectivity index (χ2n) is 7.91. The van der Waals surface area contributed by atoms with Crippen molar-refractivity contribution in [2.45, 2.75) is 82.0 Å². The summed E-state index contributed by atoms with van der Waals surface area (Å²) in [6.45, 7) is 3.25. The van der Waals surface area contributed by atoms with Gasteiger partial charge in [0.05, 0.1) is 0 Å². The molecule has 1 aliphatic carbocycles. The molecule has 2 N–H and O–H groups in total. The fourth-order valence-corrected chi connectivity index (χ4v) is 5.16. The first-order valence-corrected chi connectivity index (χ1v) is 8.70. The first kappa shape index (κ1) is 14.8. The van der Waals surface area contributed by atoms with Crippen LogP contribution in [-0.4, -0.2) is 54.1 Å². The molecule has 0 aromatic rings. The molecule has 2 unspecified atom stereocenters. The summed E-state index contributed by atoms with van der Waals surface area (Å²) < 4.78 is 0. The summed E-state index contributed by atoms with van der Waals surface area (Å²) in [5.41, 5.74) is 6.59. The van der Waals surface area contributed by atoms with Gasteiger partial charge in [0.25, 0.3) is 0 Å². The lowest BCUT2D eigenvalue weighted by Gasteiger charge is -2.53. The normalized spacial score (nSPS) is 46.0. The Morgan fingerprint density at radius 3 is 2.10 bits per heavy atom. The minimum absolute atomic E-state index is 0.281. The lowest BCUT2D eigenvalue weighted by atomic mass is 9.78.